The van der Waals surface area contributed by atoms with Crippen LogP contribution >= 0.6 is 12.4 Å². The first-order valence-electron chi connectivity index (χ1n) is 8.73. The Hall–Kier alpha value is -1.55. The molecule has 0 heterocycles. The number of hydrogen-bond acceptors (Lipinski definition) is 3. The summed E-state index contributed by atoms with van der Waals surface area (Å²) in [6.07, 6.45) is 1.35. The number of benzene rings is 2. The van der Waals surface area contributed by atoms with Crippen LogP contribution in [0.3, 0.4) is 0 Å². The van der Waals surface area contributed by atoms with Gasteiger partial charge in [0.2, 0.25) is 0 Å². The summed E-state index contributed by atoms with van der Waals surface area (Å²) in [5.41, 5.74) is 3.73. The standard InChI is InChI=1S/C21H29NO2.ClH/c1-17(2)23-14-4-13-22-15-19-9-11-21(12-10-19)24-16-20-7-5-18(3)6-8-20;/h5-12,17,22H,4,13-16H2,1-3H3;1H. The van der Waals surface area contributed by atoms with Crippen LogP contribution in [0.2, 0.25) is 0 Å². The van der Waals surface area contributed by atoms with Crippen molar-refractivity contribution in [2.75, 3.05) is 13.2 Å². The molecule has 0 spiro atoms. The van der Waals surface area contributed by atoms with Crippen molar-refractivity contribution in [3.63, 3.8) is 0 Å². The second-order valence-corrected chi connectivity index (χ2v) is 6.37. The first-order valence-corrected chi connectivity index (χ1v) is 8.73. The third-order valence-corrected chi connectivity index (χ3v) is 3.73. The van der Waals surface area contributed by atoms with Crippen molar-refractivity contribution in [2.24, 2.45) is 0 Å². The Bertz CT molecular complexity index is 582. The van der Waals surface area contributed by atoms with Gasteiger partial charge in [-0.1, -0.05) is 42.0 Å². The lowest BCUT2D eigenvalue weighted by molar-refractivity contribution is 0.0770. The third-order valence-electron chi connectivity index (χ3n) is 3.73. The van der Waals surface area contributed by atoms with E-state index in [0.29, 0.717) is 12.7 Å². The van der Waals surface area contributed by atoms with Gasteiger partial charge >= 0.3 is 0 Å². The molecule has 0 bridgehead atoms. The van der Waals surface area contributed by atoms with E-state index in [2.05, 4.69) is 62.5 Å². The minimum absolute atomic E-state index is 0. The van der Waals surface area contributed by atoms with Gasteiger partial charge in [-0.3, -0.25) is 0 Å². The summed E-state index contributed by atoms with van der Waals surface area (Å²) in [5.74, 6) is 0.907. The Labute approximate surface area is 158 Å². The maximum atomic E-state index is 5.83. The largest absolute Gasteiger partial charge is 0.489 e. The SMILES string of the molecule is Cc1ccc(COc2ccc(CNCCCOC(C)C)cc2)cc1.Cl. The summed E-state index contributed by atoms with van der Waals surface area (Å²) < 4.78 is 11.4. The van der Waals surface area contributed by atoms with E-state index in [0.717, 1.165) is 31.9 Å². The molecule has 4 heteroatoms. The van der Waals surface area contributed by atoms with Crippen LogP contribution in [0.1, 0.15) is 37.0 Å². The van der Waals surface area contributed by atoms with E-state index in [-0.39, 0.29) is 12.4 Å². The third kappa shape index (κ3) is 8.92. The van der Waals surface area contributed by atoms with Gasteiger partial charge in [0.25, 0.3) is 0 Å². The van der Waals surface area contributed by atoms with Crippen LogP contribution in [0.4, 0.5) is 0 Å². The number of rotatable bonds is 10. The van der Waals surface area contributed by atoms with Gasteiger partial charge in [0.1, 0.15) is 12.4 Å². The van der Waals surface area contributed by atoms with E-state index in [1.54, 1.807) is 0 Å². The van der Waals surface area contributed by atoms with Gasteiger partial charge in [0, 0.05) is 13.2 Å². The summed E-state index contributed by atoms with van der Waals surface area (Å²) in [6, 6.07) is 16.7. The molecule has 0 fully saturated rings. The molecule has 0 saturated heterocycles. The monoisotopic (exact) mass is 363 g/mol. The average molecular weight is 364 g/mol. The summed E-state index contributed by atoms with van der Waals surface area (Å²) in [4.78, 5) is 0. The molecule has 0 amide bonds. The molecule has 0 aliphatic heterocycles. The molecule has 25 heavy (non-hydrogen) atoms. The van der Waals surface area contributed by atoms with Gasteiger partial charge in [-0.15, -0.1) is 12.4 Å². The molecule has 0 aromatic heterocycles. The fourth-order valence-electron chi connectivity index (χ4n) is 2.30. The number of ether oxygens (including phenoxy) is 2. The van der Waals surface area contributed by atoms with E-state index >= 15 is 0 Å². The van der Waals surface area contributed by atoms with Gasteiger partial charge in [-0.2, -0.15) is 0 Å². The maximum Gasteiger partial charge on any atom is 0.119 e. The Balaban J connectivity index is 0.00000312. The highest BCUT2D eigenvalue weighted by atomic mass is 35.5. The van der Waals surface area contributed by atoms with Crippen molar-refractivity contribution in [2.45, 2.75) is 46.4 Å². The molecule has 2 aromatic carbocycles. The molecule has 138 valence electrons. The Kier molecular flexibility index (Phi) is 10.2. The summed E-state index contributed by atoms with van der Waals surface area (Å²) in [6.45, 7) is 9.49. The molecule has 2 aromatic rings. The predicted molar refractivity (Wildman–Crippen MR) is 107 cm³/mol. The Morgan fingerprint density at radius 3 is 2.20 bits per heavy atom. The lowest BCUT2D eigenvalue weighted by Crippen LogP contribution is -2.17. The minimum atomic E-state index is 0. The molecule has 0 unspecified atom stereocenters. The quantitative estimate of drug-likeness (QED) is 0.609. The molecule has 0 atom stereocenters. The second kappa shape index (κ2) is 11.9. The molecular formula is C21H30ClNO2. The van der Waals surface area contributed by atoms with Crippen molar-refractivity contribution < 1.29 is 9.47 Å². The predicted octanol–water partition coefficient (Wildman–Crippen LogP) is 4.90. The van der Waals surface area contributed by atoms with Gasteiger partial charge in [-0.05, 0) is 57.0 Å². The maximum absolute atomic E-state index is 5.83. The van der Waals surface area contributed by atoms with Crippen molar-refractivity contribution in [3.8, 4) is 5.75 Å². The van der Waals surface area contributed by atoms with Gasteiger partial charge in [0.05, 0.1) is 6.10 Å². The first kappa shape index (κ1) is 21.5. The van der Waals surface area contributed by atoms with E-state index in [1.165, 1.54) is 16.7 Å². The lowest BCUT2D eigenvalue weighted by Gasteiger charge is -2.09. The van der Waals surface area contributed by atoms with Crippen LogP contribution in [0.25, 0.3) is 0 Å². The van der Waals surface area contributed by atoms with Crippen LogP contribution in [0, 0.1) is 6.92 Å². The molecule has 0 radical (unpaired) electrons. The van der Waals surface area contributed by atoms with E-state index in [9.17, 15) is 0 Å². The molecule has 0 aliphatic rings. The molecule has 1 N–H and O–H groups in total. The highest BCUT2D eigenvalue weighted by Crippen LogP contribution is 2.14. The number of halogens is 1. The highest BCUT2D eigenvalue weighted by Gasteiger charge is 1.98. The van der Waals surface area contributed by atoms with Crippen LogP contribution in [0.5, 0.6) is 5.75 Å². The van der Waals surface area contributed by atoms with Crippen molar-refractivity contribution in [1.82, 2.24) is 5.32 Å². The summed E-state index contributed by atoms with van der Waals surface area (Å²) in [7, 11) is 0. The van der Waals surface area contributed by atoms with Crippen molar-refractivity contribution >= 4 is 12.4 Å². The first-order chi connectivity index (χ1) is 11.6. The topological polar surface area (TPSA) is 30.5 Å². The summed E-state index contributed by atoms with van der Waals surface area (Å²) >= 11 is 0. The molecule has 0 saturated carbocycles. The van der Waals surface area contributed by atoms with Gasteiger partial charge in [0.15, 0.2) is 0 Å². The number of hydrogen-bond donors (Lipinski definition) is 1. The van der Waals surface area contributed by atoms with Crippen LogP contribution in [0.15, 0.2) is 48.5 Å². The molecule has 2 rings (SSSR count). The fourth-order valence-corrected chi connectivity index (χ4v) is 2.30. The van der Waals surface area contributed by atoms with E-state index < -0.39 is 0 Å². The Morgan fingerprint density at radius 1 is 0.920 bits per heavy atom. The highest BCUT2D eigenvalue weighted by molar-refractivity contribution is 5.85. The lowest BCUT2D eigenvalue weighted by atomic mass is 10.2. The number of nitrogens with one attached hydrogen (secondary N) is 1. The minimum Gasteiger partial charge on any atom is -0.489 e. The molecule has 0 aliphatic carbocycles. The fraction of sp³-hybridized carbons (Fsp3) is 0.429. The van der Waals surface area contributed by atoms with E-state index in [1.807, 2.05) is 12.1 Å². The zero-order valence-corrected chi connectivity index (χ0v) is 16.3. The van der Waals surface area contributed by atoms with Crippen LogP contribution in [-0.4, -0.2) is 19.3 Å². The Morgan fingerprint density at radius 2 is 1.56 bits per heavy atom. The second-order valence-electron chi connectivity index (χ2n) is 6.37. The molecule has 3 nitrogen and oxygen atoms in total. The average Bonchev–Trinajstić information content (AvgIpc) is 2.58. The van der Waals surface area contributed by atoms with Crippen LogP contribution in [-0.2, 0) is 17.9 Å². The van der Waals surface area contributed by atoms with E-state index in [4.69, 9.17) is 9.47 Å². The summed E-state index contributed by atoms with van der Waals surface area (Å²) in [5, 5.41) is 3.44. The van der Waals surface area contributed by atoms with Gasteiger partial charge < -0.3 is 14.8 Å². The van der Waals surface area contributed by atoms with Gasteiger partial charge in [-0.25, -0.2) is 0 Å². The zero-order chi connectivity index (χ0) is 17.2. The van der Waals surface area contributed by atoms with Crippen molar-refractivity contribution in [3.05, 3.63) is 65.2 Å². The zero-order valence-electron chi connectivity index (χ0n) is 15.5. The smallest absolute Gasteiger partial charge is 0.119 e. The van der Waals surface area contributed by atoms with Crippen molar-refractivity contribution in [1.29, 1.82) is 0 Å². The molecular weight excluding hydrogens is 334 g/mol. The van der Waals surface area contributed by atoms with Crippen LogP contribution < -0.4 is 10.1 Å². The normalized spacial score (nSPS) is 10.6. The number of aryl methyl sites for hydroxylation is 1.